The van der Waals surface area contributed by atoms with Crippen LogP contribution in [0.4, 0.5) is 13.2 Å². The molecule has 2 aromatic rings. The number of nitrogens with one attached hydrogen (secondary N) is 1. The van der Waals surface area contributed by atoms with E-state index in [1.165, 1.54) is 29.0 Å². The number of hydrogen-bond donors (Lipinski definition) is 1. The number of rotatable bonds is 7. The topological polar surface area (TPSA) is 73.0 Å². The number of piperazine rings is 1. The number of benzene rings is 2. The Bertz CT molecular complexity index is 1210. The standard InChI is InChI=1S/C26H28ClF3N4O3S.C2H6/c1-15(2)32-13-23-33(38-22-9-8-19(27)10-16(22)3)12-20(31-14-35)24(36)34(23)21(25(32)37)11-17-4-6-18(7-5-17)26(28,29)30;1-2/h4-10,14-15,20-21,23H,11-13H2,1-3H3,(H,31,35);1-2H3. The summed E-state index contributed by atoms with van der Waals surface area (Å²) in [5, 5.41) is 3.16. The van der Waals surface area contributed by atoms with E-state index >= 15 is 0 Å². The van der Waals surface area contributed by atoms with Crippen molar-refractivity contribution in [2.45, 2.75) is 76.4 Å². The molecule has 2 aromatic carbocycles. The van der Waals surface area contributed by atoms with Crippen LogP contribution >= 0.6 is 23.5 Å². The maximum atomic E-state index is 13.6. The number of amides is 3. The fraction of sp³-hybridized carbons (Fsp3) is 0.464. The van der Waals surface area contributed by atoms with Gasteiger partial charge in [-0.25, -0.2) is 4.31 Å². The van der Waals surface area contributed by atoms with Gasteiger partial charge in [-0.2, -0.15) is 13.2 Å². The maximum Gasteiger partial charge on any atom is 0.416 e. The second-order valence-corrected chi connectivity index (χ2v) is 11.2. The molecule has 1 N–H and O–H groups in total. The highest BCUT2D eigenvalue weighted by Gasteiger charge is 2.51. The maximum absolute atomic E-state index is 13.6. The minimum Gasteiger partial charge on any atom is -0.346 e. The van der Waals surface area contributed by atoms with Crippen LogP contribution in [0.3, 0.4) is 0 Å². The van der Waals surface area contributed by atoms with Crippen molar-refractivity contribution in [2.24, 2.45) is 0 Å². The van der Waals surface area contributed by atoms with Crippen LogP contribution in [0.5, 0.6) is 0 Å². The Hall–Kier alpha value is -2.76. The van der Waals surface area contributed by atoms with Crippen LogP contribution < -0.4 is 5.32 Å². The van der Waals surface area contributed by atoms with Gasteiger partial charge in [-0.3, -0.25) is 14.4 Å². The molecule has 0 bridgehead atoms. The minimum absolute atomic E-state index is 0.0364. The van der Waals surface area contributed by atoms with Crippen molar-refractivity contribution in [3.63, 3.8) is 0 Å². The lowest BCUT2D eigenvalue weighted by Gasteiger charge is -2.54. The van der Waals surface area contributed by atoms with Crippen molar-refractivity contribution in [1.82, 2.24) is 19.4 Å². The quantitative estimate of drug-likeness (QED) is 0.353. The molecule has 0 radical (unpaired) electrons. The molecular formula is C28H34ClF3N4O3S. The lowest BCUT2D eigenvalue weighted by molar-refractivity contribution is -0.168. The SMILES string of the molecule is CC.Cc1cc(Cl)ccc1SN1CC(NC=O)C(=O)N2C(Cc3ccc(C(F)(F)F)cc3)C(=O)N(C(C)C)CC12. The largest absolute Gasteiger partial charge is 0.416 e. The van der Waals surface area contributed by atoms with Gasteiger partial charge in [0, 0.05) is 28.9 Å². The van der Waals surface area contributed by atoms with Crippen LogP contribution in [0.2, 0.25) is 5.02 Å². The fourth-order valence-electron chi connectivity index (χ4n) is 4.81. The van der Waals surface area contributed by atoms with Crippen LogP contribution in [-0.2, 0) is 27.0 Å². The Morgan fingerprint density at radius 1 is 1.07 bits per heavy atom. The Balaban J connectivity index is 0.00000216. The van der Waals surface area contributed by atoms with Crippen LogP contribution in [-0.4, -0.2) is 69.7 Å². The number of nitrogens with zero attached hydrogens (tertiary/aromatic N) is 3. The molecule has 218 valence electrons. The van der Waals surface area contributed by atoms with Crippen molar-refractivity contribution in [2.75, 3.05) is 13.1 Å². The Kier molecular flexibility index (Phi) is 10.5. The molecule has 12 heteroatoms. The first-order chi connectivity index (χ1) is 18.9. The van der Waals surface area contributed by atoms with E-state index in [-0.39, 0.29) is 31.5 Å². The lowest BCUT2D eigenvalue weighted by atomic mass is 9.96. The summed E-state index contributed by atoms with van der Waals surface area (Å²) in [4.78, 5) is 42.7. The fourth-order valence-corrected chi connectivity index (χ4v) is 6.14. The molecule has 2 heterocycles. The first kappa shape index (κ1) is 31.8. The highest BCUT2D eigenvalue weighted by atomic mass is 35.5. The van der Waals surface area contributed by atoms with Crippen LogP contribution in [0.15, 0.2) is 47.4 Å². The van der Waals surface area contributed by atoms with Crippen molar-refractivity contribution < 1.29 is 27.6 Å². The summed E-state index contributed by atoms with van der Waals surface area (Å²) >= 11 is 7.53. The third-order valence-electron chi connectivity index (χ3n) is 6.79. The molecule has 2 saturated heterocycles. The van der Waals surface area contributed by atoms with Gasteiger partial charge in [0.25, 0.3) is 0 Å². The molecule has 2 aliphatic rings. The van der Waals surface area contributed by atoms with Gasteiger partial charge >= 0.3 is 6.18 Å². The monoisotopic (exact) mass is 598 g/mol. The summed E-state index contributed by atoms with van der Waals surface area (Å²) < 4.78 is 41.2. The van der Waals surface area contributed by atoms with Gasteiger partial charge in [-0.15, -0.1) is 0 Å². The van der Waals surface area contributed by atoms with E-state index in [4.69, 9.17) is 11.6 Å². The summed E-state index contributed by atoms with van der Waals surface area (Å²) in [6.07, 6.45) is -4.51. The van der Waals surface area contributed by atoms with Gasteiger partial charge < -0.3 is 15.1 Å². The van der Waals surface area contributed by atoms with Gasteiger partial charge in [0.15, 0.2) is 0 Å². The van der Waals surface area contributed by atoms with Gasteiger partial charge in [0.05, 0.1) is 12.1 Å². The molecule has 2 aliphatic heterocycles. The molecule has 7 nitrogen and oxygen atoms in total. The van der Waals surface area contributed by atoms with Crippen LogP contribution in [0.25, 0.3) is 0 Å². The molecule has 3 amide bonds. The van der Waals surface area contributed by atoms with Crippen molar-refractivity contribution in [3.8, 4) is 0 Å². The second kappa shape index (κ2) is 13.3. The highest BCUT2D eigenvalue weighted by molar-refractivity contribution is 7.97. The predicted molar refractivity (Wildman–Crippen MR) is 150 cm³/mol. The molecule has 0 aromatic heterocycles. The molecule has 2 fully saturated rings. The zero-order chi connectivity index (χ0) is 29.8. The third-order valence-corrected chi connectivity index (χ3v) is 8.30. The average molecular weight is 599 g/mol. The van der Waals surface area contributed by atoms with Gasteiger partial charge in [-0.05, 0) is 74.2 Å². The van der Waals surface area contributed by atoms with E-state index in [2.05, 4.69) is 5.32 Å². The first-order valence-electron chi connectivity index (χ1n) is 13.1. The van der Waals surface area contributed by atoms with Crippen molar-refractivity contribution in [1.29, 1.82) is 0 Å². The first-order valence-corrected chi connectivity index (χ1v) is 14.2. The summed E-state index contributed by atoms with van der Waals surface area (Å²) in [5.74, 6) is -0.690. The number of carbonyl (C=O) groups is 3. The van der Waals surface area contributed by atoms with E-state index < -0.39 is 35.9 Å². The van der Waals surface area contributed by atoms with Crippen molar-refractivity contribution >= 4 is 41.8 Å². The molecule has 0 saturated carbocycles. The molecular weight excluding hydrogens is 565 g/mol. The van der Waals surface area contributed by atoms with E-state index in [9.17, 15) is 27.6 Å². The van der Waals surface area contributed by atoms with Gasteiger partial charge in [0.2, 0.25) is 18.2 Å². The van der Waals surface area contributed by atoms with Gasteiger partial charge in [-0.1, -0.05) is 37.6 Å². The number of fused-ring (bicyclic) bond motifs is 1. The number of aryl methyl sites for hydroxylation is 1. The normalized spacial score (nSPS) is 21.6. The minimum atomic E-state index is -4.48. The Morgan fingerprint density at radius 2 is 1.73 bits per heavy atom. The van der Waals surface area contributed by atoms with Crippen LogP contribution in [0, 0.1) is 6.92 Å². The molecule has 3 atom stereocenters. The summed E-state index contributed by atoms with van der Waals surface area (Å²) in [6, 6.07) is 8.07. The molecule has 0 spiro atoms. The van der Waals surface area contributed by atoms with E-state index in [0.29, 0.717) is 17.0 Å². The van der Waals surface area contributed by atoms with E-state index in [1.54, 1.807) is 11.0 Å². The Labute approximate surface area is 242 Å². The number of hydrogen-bond acceptors (Lipinski definition) is 5. The Morgan fingerprint density at radius 3 is 2.27 bits per heavy atom. The molecule has 40 heavy (non-hydrogen) atoms. The second-order valence-electron chi connectivity index (χ2n) is 9.66. The average Bonchev–Trinajstić information content (AvgIpc) is 2.90. The van der Waals surface area contributed by atoms with Crippen LogP contribution in [0.1, 0.15) is 44.4 Å². The van der Waals surface area contributed by atoms with E-state index in [1.807, 2.05) is 51.1 Å². The smallest absolute Gasteiger partial charge is 0.346 e. The van der Waals surface area contributed by atoms with E-state index in [0.717, 1.165) is 22.6 Å². The molecule has 3 unspecified atom stereocenters. The summed E-state index contributed by atoms with van der Waals surface area (Å²) in [6.45, 7) is 10.1. The predicted octanol–water partition coefficient (Wildman–Crippen LogP) is 5.15. The number of carbonyl (C=O) groups excluding carboxylic acids is 3. The number of halogens is 4. The lowest BCUT2D eigenvalue weighted by Crippen LogP contribution is -2.74. The summed E-state index contributed by atoms with van der Waals surface area (Å²) in [7, 11) is 0. The third kappa shape index (κ3) is 6.92. The number of alkyl halides is 3. The summed E-state index contributed by atoms with van der Waals surface area (Å²) in [5.41, 5.74) is 0.634. The molecule has 4 rings (SSSR count). The van der Waals surface area contributed by atoms with Crippen molar-refractivity contribution in [3.05, 3.63) is 64.2 Å². The zero-order valence-corrected chi connectivity index (χ0v) is 24.6. The highest BCUT2D eigenvalue weighted by Crippen LogP contribution is 2.37. The molecule has 0 aliphatic carbocycles. The van der Waals surface area contributed by atoms with Gasteiger partial charge in [0.1, 0.15) is 18.2 Å². The zero-order valence-electron chi connectivity index (χ0n) is 23.0.